The van der Waals surface area contributed by atoms with E-state index >= 15 is 0 Å². The molecule has 1 N–H and O–H groups in total. The molecule has 0 spiro atoms. The Bertz CT molecular complexity index is 1190. The molecule has 0 fully saturated rings. The zero-order valence-corrected chi connectivity index (χ0v) is 16.9. The van der Waals surface area contributed by atoms with Crippen LogP contribution in [-0.4, -0.2) is 33.2 Å². The van der Waals surface area contributed by atoms with Crippen molar-refractivity contribution >= 4 is 17.7 Å². The number of rotatable bonds is 5. The summed E-state index contributed by atoms with van der Waals surface area (Å²) < 4.78 is 17.7. The quantitative estimate of drug-likeness (QED) is 0.619. The Morgan fingerprint density at radius 1 is 1.30 bits per heavy atom. The van der Waals surface area contributed by atoms with Crippen molar-refractivity contribution in [2.24, 2.45) is 0 Å². The average Bonchev–Trinajstić information content (AvgIpc) is 3.48. The molecule has 1 unspecified atom stereocenters. The molecule has 0 saturated heterocycles. The molecular weight excluding hydrogens is 408 g/mol. The molecule has 1 amide bonds. The van der Waals surface area contributed by atoms with E-state index in [1.807, 2.05) is 18.2 Å². The lowest BCUT2D eigenvalue weighted by molar-refractivity contribution is -0.121. The largest absolute Gasteiger partial charge is 0.454 e. The van der Waals surface area contributed by atoms with Crippen molar-refractivity contribution < 1.29 is 18.8 Å². The van der Waals surface area contributed by atoms with Crippen LogP contribution in [0, 0.1) is 6.92 Å². The molecule has 1 aromatic carbocycles. The summed E-state index contributed by atoms with van der Waals surface area (Å²) in [6.07, 6.45) is 1.78. The number of carbonyl (C=O) groups excluding carboxylic acids is 1. The molecule has 3 aromatic rings. The maximum atomic E-state index is 12.4. The number of aromatic nitrogens is 3. The van der Waals surface area contributed by atoms with Gasteiger partial charge in [-0.1, -0.05) is 16.9 Å². The normalized spacial score (nSPS) is 16.5. The summed E-state index contributed by atoms with van der Waals surface area (Å²) in [6.45, 7) is 2.17. The predicted molar refractivity (Wildman–Crippen MR) is 108 cm³/mol. The average molecular weight is 426 g/mol. The van der Waals surface area contributed by atoms with E-state index < -0.39 is 0 Å². The summed E-state index contributed by atoms with van der Waals surface area (Å²) in [5.74, 6) is 2.42. The van der Waals surface area contributed by atoms with Crippen LogP contribution in [-0.2, 0) is 11.3 Å². The zero-order chi connectivity index (χ0) is 20.7. The molecule has 30 heavy (non-hydrogen) atoms. The summed E-state index contributed by atoms with van der Waals surface area (Å²) in [7, 11) is 0. The molecule has 4 heterocycles. The fourth-order valence-electron chi connectivity index (χ4n) is 3.43. The van der Waals surface area contributed by atoms with Gasteiger partial charge in [-0.2, -0.15) is 0 Å². The van der Waals surface area contributed by atoms with Gasteiger partial charge in [0.05, 0.1) is 12.6 Å². The molecule has 2 aliphatic heterocycles. The lowest BCUT2D eigenvalue weighted by Crippen LogP contribution is -2.31. The SMILES string of the molecule is Cc1cnc2n(c1=O)C(CC(=O)NCc1cc(-c3ccc4c(c3)OCO4)on1)CS2. The van der Waals surface area contributed by atoms with Crippen molar-refractivity contribution in [2.45, 2.75) is 31.1 Å². The van der Waals surface area contributed by atoms with Crippen LogP contribution in [0.25, 0.3) is 11.3 Å². The molecule has 2 aromatic heterocycles. The highest BCUT2D eigenvalue weighted by molar-refractivity contribution is 7.99. The third-order valence-corrected chi connectivity index (χ3v) is 6.12. The van der Waals surface area contributed by atoms with Gasteiger partial charge in [0, 0.05) is 35.6 Å². The molecule has 0 radical (unpaired) electrons. The van der Waals surface area contributed by atoms with Crippen molar-refractivity contribution in [3.63, 3.8) is 0 Å². The first-order valence-corrected chi connectivity index (χ1v) is 10.4. The lowest BCUT2D eigenvalue weighted by atomic mass is 10.1. The van der Waals surface area contributed by atoms with Crippen molar-refractivity contribution in [1.82, 2.24) is 20.0 Å². The molecule has 0 bridgehead atoms. The van der Waals surface area contributed by atoms with Crippen LogP contribution in [0.1, 0.15) is 23.7 Å². The number of aryl methyl sites for hydroxylation is 1. The monoisotopic (exact) mass is 426 g/mol. The molecule has 10 heteroatoms. The number of nitrogens with zero attached hydrogens (tertiary/aromatic N) is 3. The van der Waals surface area contributed by atoms with Crippen LogP contribution < -0.4 is 20.3 Å². The highest BCUT2D eigenvalue weighted by Crippen LogP contribution is 2.36. The van der Waals surface area contributed by atoms with E-state index in [1.165, 1.54) is 11.8 Å². The number of amides is 1. The minimum Gasteiger partial charge on any atom is -0.454 e. The number of nitrogens with one attached hydrogen (secondary N) is 1. The smallest absolute Gasteiger partial charge is 0.257 e. The third kappa shape index (κ3) is 3.43. The van der Waals surface area contributed by atoms with Gasteiger partial charge in [-0.15, -0.1) is 0 Å². The van der Waals surface area contributed by atoms with Gasteiger partial charge in [-0.25, -0.2) is 4.98 Å². The van der Waals surface area contributed by atoms with Crippen LogP contribution >= 0.6 is 11.8 Å². The lowest BCUT2D eigenvalue weighted by Gasteiger charge is -2.13. The van der Waals surface area contributed by atoms with Gasteiger partial charge in [0.15, 0.2) is 22.4 Å². The second-order valence-corrected chi connectivity index (χ2v) is 8.08. The highest BCUT2D eigenvalue weighted by Gasteiger charge is 2.27. The summed E-state index contributed by atoms with van der Waals surface area (Å²) in [5.41, 5.74) is 1.90. The van der Waals surface area contributed by atoms with E-state index in [4.69, 9.17) is 14.0 Å². The van der Waals surface area contributed by atoms with Gasteiger partial charge in [0.2, 0.25) is 12.7 Å². The molecule has 0 saturated carbocycles. The number of ether oxygens (including phenoxy) is 2. The number of carbonyl (C=O) groups is 1. The van der Waals surface area contributed by atoms with Crippen LogP contribution in [0.15, 0.2) is 44.9 Å². The summed E-state index contributed by atoms with van der Waals surface area (Å²) in [6, 6.07) is 7.08. The molecule has 1 atom stereocenters. The molecular formula is C20H18N4O5S. The summed E-state index contributed by atoms with van der Waals surface area (Å²) in [5, 5.41) is 7.53. The van der Waals surface area contributed by atoms with Gasteiger partial charge in [0.25, 0.3) is 5.56 Å². The minimum atomic E-state index is -0.202. The summed E-state index contributed by atoms with van der Waals surface area (Å²) >= 11 is 1.49. The minimum absolute atomic E-state index is 0.0901. The number of benzene rings is 1. The van der Waals surface area contributed by atoms with E-state index in [2.05, 4.69) is 15.5 Å². The van der Waals surface area contributed by atoms with Crippen LogP contribution in [0.4, 0.5) is 0 Å². The number of hydrogen-bond acceptors (Lipinski definition) is 8. The first-order valence-electron chi connectivity index (χ1n) is 9.42. The first-order chi connectivity index (χ1) is 14.6. The Morgan fingerprint density at radius 2 is 2.17 bits per heavy atom. The first kappa shape index (κ1) is 18.7. The maximum absolute atomic E-state index is 12.4. The van der Waals surface area contributed by atoms with E-state index in [0.29, 0.717) is 39.4 Å². The Morgan fingerprint density at radius 3 is 3.07 bits per heavy atom. The second-order valence-electron chi connectivity index (χ2n) is 7.10. The molecule has 2 aliphatic rings. The number of fused-ring (bicyclic) bond motifs is 2. The maximum Gasteiger partial charge on any atom is 0.257 e. The topological polar surface area (TPSA) is 108 Å². The Kier molecular flexibility index (Phi) is 4.70. The van der Waals surface area contributed by atoms with E-state index in [-0.39, 0.29) is 37.3 Å². The molecule has 5 rings (SSSR count). The number of thioether (sulfide) groups is 1. The predicted octanol–water partition coefficient (Wildman–Crippen LogP) is 2.29. The third-order valence-electron chi connectivity index (χ3n) is 5.00. The molecule has 9 nitrogen and oxygen atoms in total. The van der Waals surface area contributed by atoms with Gasteiger partial charge < -0.3 is 19.3 Å². The fourth-order valence-corrected chi connectivity index (χ4v) is 4.53. The van der Waals surface area contributed by atoms with Gasteiger partial charge in [0.1, 0.15) is 5.69 Å². The zero-order valence-electron chi connectivity index (χ0n) is 16.1. The van der Waals surface area contributed by atoms with E-state index in [1.54, 1.807) is 23.8 Å². The highest BCUT2D eigenvalue weighted by atomic mass is 32.2. The van der Waals surface area contributed by atoms with Gasteiger partial charge >= 0.3 is 0 Å². The van der Waals surface area contributed by atoms with E-state index in [0.717, 1.165) is 5.56 Å². The standard InChI is InChI=1S/C20H18N4O5S/c1-11-7-22-20-24(19(11)26)14(9-30-20)6-18(25)21-8-13-5-16(29-23-13)12-2-3-15-17(4-12)28-10-27-15/h2-5,7,14H,6,8-10H2,1H3,(H,21,25). The van der Waals surface area contributed by atoms with Crippen molar-refractivity contribution in [2.75, 3.05) is 12.5 Å². The van der Waals surface area contributed by atoms with Crippen LogP contribution in [0.5, 0.6) is 11.5 Å². The Labute approximate surface area is 175 Å². The van der Waals surface area contributed by atoms with Crippen molar-refractivity contribution in [1.29, 1.82) is 0 Å². The van der Waals surface area contributed by atoms with Crippen LogP contribution in [0.2, 0.25) is 0 Å². The van der Waals surface area contributed by atoms with Gasteiger partial charge in [-0.05, 0) is 25.1 Å². The fraction of sp³-hybridized carbons (Fsp3) is 0.300. The Balaban J connectivity index is 1.21. The van der Waals surface area contributed by atoms with Gasteiger partial charge in [-0.3, -0.25) is 14.2 Å². The van der Waals surface area contributed by atoms with Crippen molar-refractivity contribution in [3.8, 4) is 22.8 Å². The van der Waals surface area contributed by atoms with Crippen molar-refractivity contribution in [3.05, 3.63) is 52.1 Å². The molecule has 154 valence electrons. The molecule has 0 aliphatic carbocycles. The second kappa shape index (κ2) is 7.52. The number of hydrogen-bond donors (Lipinski definition) is 1. The van der Waals surface area contributed by atoms with Crippen LogP contribution in [0.3, 0.4) is 0 Å². The van der Waals surface area contributed by atoms with E-state index in [9.17, 15) is 9.59 Å². The summed E-state index contributed by atoms with van der Waals surface area (Å²) in [4.78, 5) is 29.1. The Hall–Kier alpha value is -3.27.